The Balaban J connectivity index is 1.42. The van der Waals surface area contributed by atoms with Crippen LogP contribution in [0.4, 0.5) is 0 Å². The van der Waals surface area contributed by atoms with E-state index in [0.29, 0.717) is 43.0 Å². The van der Waals surface area contributed by atoms with Gasteiger partial charge in [-0.05, 0) is 49.3 Å². The highest BCUT2D eigenvalue weighted by atomic mass is 16.5. The fourth-order valence-electron chi connectivity index (χ4n) is 4.96. The molecular formula is C26H33N3O5. The quantitative estimate of drug-likeness (QED) is 0.458. The van der Waals surface area contributed by atoms with Crippen molar-refractivity contribution in [2.75, 3.05) is 13.7 Å². The van der Waals surface area contributed by atoms with Gasteiger partial charge in [-0.25, -0.2) is 0 Å². The Morgan fingerprint density at radius 2 is 2.00 bits per heavy atom. The van der Waals surface area contributed by atoms with Crippen LogP contribution in [0.3, 0.4) is 0 Å². The van der Waals surface area contributed by atoms with Crippen molar-refractivity contribution in [1.29, 1.82) is 0 Å². The lowest BCUT2D eigenvalue weighted by atomic mass is 9.84. The van der Waals surface area contributed by atoms with E-state index in [9.17, 15) is 19.2 Å². The van der Waals surface area contributed by atoms with Crippen LogP contribution in [-0.4, -0.2) is 43.2 Å². The molecule has 2 aliphatic carbocycles. The molecule has 34 heavy (non-hydrogen) atoms. The monoisotopic (exact) mass is 467 g/mol. The number of Topliss-reactive ketones (excluding diaryl/α,β-unsaturated/α-hetero) is 1. The van der Waals surface area contributed by atoms with Crippen molar-refractivity contribution >= 4 is 29.6 Å². The second kappa shape index (κ2) is 10.4. The molecule has 0 radical (unpaired) electrons. The molecule has 0 spiro atoms. The number of methoxy groups -OCH3 is 1. The van der Waals surface area contributed by atoms with E-state index in [1.807, 2.05) is 24.3 Å². The number of hydrogen-bond donors (Lipinski definition) is 3. The first-order valence-corrected chi connectivity index (χ1v) is 12.1. The van der Waals surface area contributed by atoms with E-state index in [-0.39, 0.29) is 36.4 Å². The Bertz CT molecular complexity index is 1010. The summed E-state index contributed by atoms with van der Waals surface area (Å²) in [7, 11) is 1.60. The van der Waals surface area contributed by atoms with Crippen molar-refractivity contribution in [3.05, 3.63) is 34.9 Å². The maximum absolute atomic E-state index is 13.3. The van der Waals surface area contributed by atoms with Crippen molar-refractivity contribution in [1.82, 2.24) is 10.6 Å². The highest BCUT2D eigenvalue weighted by Crippen LogP contribution is 2.35. The molecule has 1 aromatic rings. The number of fused-ring (bicyclic) bond motifs is 1. The fourth-order valence-corrected chi connectivity index (χ4v) is 4.96. The van der Waals surface area contributed by atoms with E-state index in [0.717, 1.165) is 30.4 Å². The van der Waals surface area contributed by atoms with E-state index in [1.165, 1.54) is 0 Å². The number of ketones is 1. The Hall–Kier alpha value is -3.16. The maximum atomic E-state index is 13.3. The lowest BCUT2D eigenvalue weighted by Gasteiger charge is -2.26. The Morgan fingerprint density at radius 1 is 1.21 bits per heavy atom. The molecule has 1 aliphatic heterocycles. The largest absolute Gasteiger partial charge is 0.496 e. The molecule has 4 rings (SSSR count). The van der Waals surface area contributed by atoms with E-state index >= 15 is 0 Å². The molecule has 4 N–H and O–H groups in total. The summed E-state index contributed by atoms with van der Waals surface area (Å²) in [4.78, 5) is 50.6. The molecule has 182 valence electrons. The minimum atomic E-state index is -0.723. The van der Waals surface area contributed by atoms with Gasteiger partial charge in [-0.15, -0.1) is 0 Å². The van der Waals surface area contributed by atoms with Crippen LogP contribution in [-0.2, 0) is 25.6 Å². The van der Waals surface area contributed by atoms with E-state index in [1.54, 1.807) is 7.11 Å². The molecule has 1 saturated heterocycles. The Kier molecular flexibility index (Phi) is 7.34. The predicted octanol–water partition coefficient (Wildman–Crippen LogP) is 1.90. The van der Waals surface area contributed by atoms with Crippen molar-refractivity contribution in [2.45, 2.75) is 57.4 Å². The molecule has 0 bridgehead atoms. The SMILES string of the molecule is COc1cccc2c1C=C(C(=O)NC(CC1CC1)C(=O)C[C@@H](C[C@@H]1CCCNC1=O)C(N)=O)C2. The molecule has 3 aliphatic rings. The minimum Gasteiger partial charge on any atom is -0.496 e. The zero-order valence-electron chi connectivity index (χ0n) is 19.6. The first-order chi connectivity index (χ1) is 16.4. The lowest BCUT2D eigenvalue weighted by molar-refractivity contribution is -0.132. The zero-order valence-corrected chi connectivity index (χ0v) is 19.6. The number of carbonyl (C=O) groups excluding carboxylic acids is 4. The van der Waals surface area contributed by atoms with Crippen LogP contribution in [0.15, 0.2) is 23.8 Å². The molecule has 0 aromatic heterocycles. The van der Waals surface area contributed by atoms with Crippen molar-refractivity contribution in [3.63, 3.8) is 0 Å². The molecule has 3 amide bonds. The van der Waals surface area contributed by atoms with Gasteiger partial charge in [-0.2, -0.15) is 0 Å². The van der Waals surface area contributed by atoms with Crippen LogP contribution in [0.1, 0.15) is 56.1 Å². The van der Waals surface area contributed by atoms with Crippen LogP contribution in [0.25, 0.3) is 6.08 Å². The number of ether oxygens (including phenoxy) is 1. The highest BCUT2D eigenvalue weighted by Gasteiger charge is 2.35. The molecule has 1 aromatic carbocycles. The molecule has 1 saturated carbocycles. The summed E-state index contributed by atoms with van der Waals surface area (Å²) in [5, 5.41) is 5.74. The zero-order chi connectivity index (χ0) is 24.2. The second-order valence-electron chi connectivity index (χ2n) is 9.72. The summed E-state index contributed by atoms with van der Waals surface area (Å²) >= 11 is 0. The van der Waals surface area contributed by atoms with Crippen LogP contribution in [0.2, 0.25) is 0 Å². The highest BCUT2D eigenvalue weighted by molar-refractivity contribution is 6.03. The summed E-state index contributed by atoms with van der Waals surface area (Å²) in [6.07, 6.45) is 6.64. The third-order valence-electron chi connectivity index (χ3n) is 7.15. The summed E-state index contributed by atoms with van der Waals surface area (Å²) < 4.78 is 5.40. The molecular weight excluding hydrogens is 434 g/mol. The predicted molar refractivity (Wildman–Crippen MR) is 127 cm³/mol. The lowest BCUT2D eigenvalue weighted by Crippen LogP contribution is -2.44. The minimum absolute atomic E-state index is 0.0656. The third kappa shape index (κ3) is 5.66. The molecule has 1 unspecified atom stereocenters. The standard InChI is InChI=1S/C26H33N3O5/c1-34-23-6-2-4-16-11-19(13-20(16)23)26(33)29-21(10-15-7-8-15)22(30)14-18(24(27)31)12-17-5-3-9-28-25(17)32/h2,4,6,13,15,17-18,21H,3,5,7-12,14H2,1H3,(H2,27,31)(H,28,32)(H,29,33)/t17-,18+,21?/m0/s1. The number of hydrogen-bond acceptors (Lipinski definition) is 5. The van der Waals surface area contributed by atoms with E-state index in [2.05, 4.69) is 10.6 Å². The van der Waals surface area contributed by atoms with Crippen molar-refractivity contribution in [2.24, 2.45) is 23.5 Å². The van der Waals surface area contributed by atoms with Gasteiger partial charge in [-0.1, -0.05) is 25.0 Å². The number of rotatable bonds is 11. The Labute approximate surface area is 199 Å². The maximum Gasteiger partial charge on any atom is 0.248 e. The average Bonchev–Trinajstić information content (AvgIpc) is 3.52. The van der Waals surface area contributed by atoms with Gasteiger partial charge in [0.15, 0.2) is 5.78 Å². The van der Waals surface area contributed by atoms with Gasteiger partial charge in [-0.3, -0.25) is 19.2 Å². The smallest absolute Gasteiger partial charge is 0.248 e. The van der Waals surface area contributed by atoms with Gasteiger partial charge in [0, 0.05) is 42.4 Å². The van der Waals surface area contributed by atoms with E-state index in [4.69, 9.17) is 10.5 Å². The second-order valence-corrected chi connectivity index (χ2v) is 9.72. The normalized spacial score (nSPS) is 21.0. The number of amides is 3. The molecule has 3 atom stereocenters. The third-order valence-corrected chi connectivity index (χ3v) is 7.15. The van der Waals surface area contributed by atoms with Gasteiger partial charge in [0.25, 0.3) is 0 Å². The molecule has 2 fully saturated rings. The number of primary amides is 1. The van der Waals surface area contributed by atoms with Crippen LogP contribution in [0.5, 0.6) is 5.75 Å². The summed E-state index contributed by atoms with van der Waals surface area (Å²) in [6.45, 7) is 0.636. The van der Waals surface area contributed by atoms with Gasteiger partial charge in [0.2, 0.25) is 17.7 Å². The summed E-state index contributed by atoms with van der Waals surface area (Å²) in [6, 6.07) is 5.03. The van der Waals surface area contributed by atoms with Crippen molar-refractivity contribution in [3.8, 4) is 5.75 Å². The fraction of sp³-hybridized carbons (Fsp3) is 0.538. The van der Waals surface area contributed by atoms with E-state index < -0.39 is 17.9 Å². The molecule has 8 heteroatoms. The number of carbonyl (C=O) groups is 4. The molecule has 1 heterocycles. The molecule has 8 nitrogen and oxygen atoms in total. The van der Waals surface area contributed by atoms with Crippen LogP contribution < -0.4 is 21.1 Å². The first-order valence-electron chi connectivity index (χ1n) is 12.1. The average molecular weight is 468 g/mol. The summed E-state index contributed by atoms with van der Waals surface area (Å²) in [5.41, 5.74) is 8.09. The van der Waals surface area contributed by atoms with Gasteiger partial charge >= 0.3 is 0 Å². The van der Waals surface area contributed by atoms with Crippen LogP contribution >= 0.6 is 0 Å². The van der Waals surface area contributed by atoms with Gasteiger partial charge in [0.1, 0.15) is 5.75 Å². The van der Waals surface area contributed by atoms with Gasteiger partial charge < -0.3 is 21.1 Å². The Morgan fingerprint density at radius 3 is 2.68 bits per heavy atom. The number of piperidine rings is 1. The number of nitrogens with one attached hydrogen (secondary N) is 2. The number of benzene rings is 1. The van der Waals surface area contributed by atoms with Gasteiger partial charge in [0.05, 0.1) is 13.2 Å². The summed E-state index contributed by atoms with van der Waals surface area (Å²) in [5.74, 6) is -1.07. The van der Waals surface area contributed by atoms with Crippen molar-refractivity contribution < 1.29 is 23.9 Å². The topological polar surface area (TPSA) is 128 Å². The number of nitrogens with two attached hydrogens (primary N) is 1. The van der Waals surface area contributed by atoms with Crippen LogP contribution in [0, 0.1) is 17.8 Å². The first kappa shape index (κ1) is 24.0.